The Morgan fingerprint density at radius 2 is 1.11 bits per heavy atom. The van der Waals surface area contributed by atoms with Gasteiger partial charge in [0.25, 0.3) is 0 Å². The number of carbonyl (C=O) groups excluding carboxylic acids is 2. The highest BCUT2D eigenvalue weighted by molar-refractivity contribution is 5.84. The first kappa shape index (κ1) is 30.1. The molecule has 10 heteroatoms. The van der Waals surface area contributed by atoms with Crippen LogP contribution in [0.2, 0.25) is 0 Å². The summed E-state index contributed by atoms with van der Waals surface area (Å²) in [5, 5.41) is 8.01. The summed E-state index contributed by atoms with van der Waals surface area (Å²) in [6, 6.07) is 10.9. The van der Waals surface area contributed by atoms with Gasteiger partial charge < -0.3 is 18.9 Å². The zero-order valence-corrected chi connectivity index (χ0v) is 22.6. The smallest absolute Gasteiger partial charge is 0.240 e. The molecule has 0 aliphatic heterocycles. The van der Waals surface area contributed by atoms with Gasteiger partial charge in [0.05, 0.1) is 39.9 Å². The highest BCUT2D eigenvalue weighted by Gasteiger charge is 2.06. The van der Waals surface area contributed by atoms with Crippen molar-refractivity contribution in [3.63, 3.8) is 0 Å². The summed E-state index contributed by atoms with van der Waals surface area (Å²) in [5.74, 6) is 2.22. The third-order valence-electron chi connectivity index (χ3n) is 5.34. The number of hydrogen-bond donors (Lipinski definition) is 2. The van der Waals surface area contributed by atoms with Crippen LogP contribution in [-0.2, 0) is 9.59 Å². The Morgan fingerprint density at radius 1 is 0.684 bits per heavy atom. The summed E-state index contributed by atoms with van der Waals surface area (Å²) in [6.07, 6.45) is 6.98. The van der Waals surface area contributed by atoms with Crippen LogP contribution in [0.3, 0.4) is 0 Å². The van der Waals surface area contributed by atoms with Gasteiger partial charge in [-0.05, 0) is 74.2 Å². The lowest BCUT2D eigenvalue weighted by Gasteiger charge is -2.09. The standard InChI is InChI=1S/C28H38N4O6/c1-5-37-23-15-13-21(17-25(23)35-3)19-29-31-27(33)11-9-7-8-10-12-28(34)32-30-20-22-14-16-24(38-6-2)26(18-22)36-4/h13-20H,5-12H2,1-4H3,(H,31,33)(H,32,34). The number of unbranched alkanes of at least 4 members (excludes halogenated alkanes) is 3. The van der Waals surface area contributed by atoms with Crippen molar-refractivity contribution >= 4 is 24.2 Å². The number of methoxy groups -OCH3 is 2. The topological polar surface area (TPSA) is 120 Å². The number of hydrazone groups is 2. The number of carbonyl (C=O) groups is 2. The highest BCUT2D eigenvalue weighted by Crippen LogP contribution is 2.28. The molecule has 0 aromatic heterocycles. The average Bonchev–Trinajstić information content (AvgIpc) is 2.92. The molecule has 0 heterocycles. The molecule has 38 heavy (non-hydrogen) atoms. The van der Waals surface area contributed by atoms with Crippen LogP contribution < -0.4 is 29.8 Å². The largest absolute Gasteiger partial charge is 0.493 e. The summed E-state index contributed by atoms with van der Waals surface area (Å²) in [5.41, 5.74) is 6.64. The van der Waals surface area contributed by atoms with E-state index in [1.54, 1.807) is 50.9 Å². The first-order valence-corrected chi connectivity index (χ1v) is 12.8. The van der Waals surface area contributed by atoms with Crippen LogP contribution in [0.4, 0.5) is 0 Å². The van der Waals surface area contributed by atoms with Crippen LogP contribution in [0.25, 0.3) is 0 Å². The van der Waals surface area contributed by atoms with Crippen LogP contribution in [-0.4, -0.2) is 51.7 Å². The fourth-order valence-corrected chi connectivity index (χ4v) is 3.47. The lowest BCUT2D eigenvalue weighted by atomic mass is 10.1. The molecule has 0 spiro atoms. The van der Waals surface area contributed by atoms with Gasteiger partial charge in [-0.15, -0.1) is 0 Å². The van der Waals surface area contributed by atoms with Crippen molar-refractivity contribution in [1.29, 1.82) is 0 Å². The van der Waals surface area contributed by atoms with E-state index in [-0.39, 0.29) is 11.8 Å². The number of nitrogens with zero attached hydrogens (tertiary/aromatic N) is 2. The van der Waals surface area contributed by atoms with Gasteiger partial charge in [0.1, 0.15) is 0 Å². The first-order chi connectivity index (χ1) is 18.5. The molecule has 2 aromatic rings. The van der Waals surface area contributed by atoms with Gasteiger partial charge in [0, 0.05) is 12.8 Å². The van der Waals surface area contributed by atoms with Crippen molar-refractivity contribution in [3.8, 4) is 23.0 Å². The van der Waals surface area contributed by atoms with Gasteiger partial charge in [0.15, 0.2) is 23.0 Å². The predicted molar refractivity (Wildman–Crippen MR) is 148 cm³/mol. The van der Waals surface area contributed by atoms with Crippen molar-refractivity contribution in [2.24, 2.45) is 10.2 Å². The van der Waals surface area contributed by atoms with Gasteiger partial charge in [-0.1, -0.05) is 12.8 Å². The van der Waals surface area contributed by atoms with Crippen LogP contribution >= 0.6 is 0 Å². The second-order valence-corrected chi connectivity index (χ2v) is 8.19. The van der Waals surface area contributed by atoms with Crippen LogP contribution in [0.1, 0.15) is 63.5 Å². The summed E-state index contributed by atoms with van der Waals surface area (Å²) in [4.78, 5) is 24.0. The summed E-state index contributed by atoms with van der Waals surface area (Å²) in [7, 11) is 3.15. The zero-order chi connectivity index (χ0) is 27.6. The number of nitrogens with one attached hydrogen (secondary N) is 2. The van der Waals surface area contributed by atoms with E-state index >= 15 is 0 Å². The van der Waals surface area contributed by atoms with E-state index in [0.29, 0.717) is 49.1 Å². The Balaban J connectivity index is 1.59. The normalized spacial score (nSPS) is 10.9. The van der Waals surface area contributed by atoms with Crippen LogP contribution in [0.5, 0.6) is 23.0 Å². The molecule has 0 aliphatic carbocycles. The fourth-order valence-electron chi connectivity index (χ4n) is 3.47. The minimum Gasteiger partial charge on any atom is -0.493 e. The van der Waals surface area contributed by atoms with Crippen molar-refractivity contribution in [2.75, 3.05) is 27.4 Å². The van der Waals surface area contributed by atoms with Crippen molar-refractivity contribution in [2.45, 2.75) is 52.4 Å². The molecule has 0 fully saturated rings. The first-order valence-electron chi connectivity index (χ1n) is 12.8. The van der Waals surface area contributed by atoms with Gasteiger partial charge in [0.2, 0.25) is 11.8 Å². The van der Waals surface area contributed by atoms with E-state index in [4.69, 9.17) is 18.9 Å². The molecule has 2 rings (SSSR count). The Morgan fingerprint density at radius 3 is 1.47 bits per heavy atom. The molecule has 0 atom stereocenters. The number of ether oxygens (including phenoxy) is 4. The van der Waals surface area contributed by atoms with Gasteiger partial charge in [-0.25, -0.2) is 10.9 Å². The van der Waals surface area contributed by atoms with Crippen molar-refractivity contribution < 1.29 is 28.5 Å². The molecule has 0 unspecified atom stereocenters. The Kier molecular flexibility index (Phi) is 13.8. The van der Waals surface area contributed by atoms with E-state index in [2.05, 4.69) is 21.1 Å². The van der Waals surface area contributed by atoms with E-state index in [1.807, 2.05) is 26.0 Å². The second-order valence-electron chi connectivity index (χ2n) is 8.19. The minimum atomic E-state index is -0.155. The Labute approximate surface area is 224 Å². The Hall–Kier alpha value is -4.08. The molecular weight excluding hydrogens is 488 g/mol. The molecular formula is C28H38N4O6. The second kappa shape index (κ2) is 17.4. The van der Waals surface area contributed by atoms with Gasteiger partial charge >= 0.3 is 0 Å². The van der Waals surface area contributed by atoms with Gasteiger partial charge in [-0.2, -0.15) is 10.2 Å². The molecule has 2 N–H and O–H groups in total. The molecule has 2 amide bonds. The summed E-state index contributed by atoms with van der Waals surface area (Å²) < 4.78 is 21.6. The maximum Gasteiger partial charge on any atom is 0.240 e. The highest BCUT2D eigenvalue weighted by atomic mass is 16.5. The van der Waals surface area contributed by atoms with Crippen LogP contribution in [0, 0.1) is 0 Å². The molecule has 0 radical (unpaired) electrons. The molecule has 0 bridgehead atoms. The quantitative estimate of drug-likeness (QED) is 0.179. The molecule has 0 saturated heterocycles. The van der Waals surface area contributed by atoms with Crippen molar-refractivity contribution in [3.05, 3.63) is 47.5 Å². The summed E-state index contributed by atoms with van der Waals surface area (Å²) >= 11 is 0. The van der Waals surface area contributed by atoms with E-state index < -0.39 is 0 Å². The SMILES string of the molecule is CCOc1ccc(C=NNC(=O)CCCCCCC(=O)NN=Cc2ccc(OCC)c(OC)c2)cc1OC. The minimum absolute atomic E-state index is 0.155. The maximum atomic E-state index is 12.0. The van der Waals surface area contributed by atoms with Gasteiger partial charge in [-0.3, -0.25) is 9.59 Å². The zero-order valence-electron chi connectivity index (χ0n) is 22.6. The molecule has 0 saturated carbocycles. The number of benzene rings is 2. The van der Waals surface area contributed by atoms with E-state index in [1.165, 1.54) is 0 Å². The molecule has 206 valence electrons. The third kappa shape index (κ3) is 10.9. The van der Waals surface area contributed by atoms with Crippen LogP contribution in [0.15, 0.2) is 46.6 Å². The maximum absolute atomic E-state index is 12.0. The monoisotopic (exact) mass is 526 g/mol. The number of rotatable bonds is 17. The lowest BCUT2D eigenvalue weighted by Crippen LogP contribution is -2.17. The van der Waals surface area contributed by atoms with E-state index in [0.717, 1.165) is 36.8 Å². The Bertz CT molecular complexity index is 1000. The predicted octanol–water partition coefficient (Wildman–Crippen LogP) is 4.44. The molecule has 2 aromatic carbocycles. The fraction of sp³-hybridized carbons (Fsp3) is 0.429. The van der Waals surface area contributed by atoms with E-state index in [9.17, 15) is 9.59 Å². The number of hydrogen-bond acceptors (Lipinski definition) is 8. The van der Waals surface area contributed by atoms with Crippen molar-refractivity contribution in [1.82, 2.24) is 10.9 Å². The lowest BCUT2D eigenvalue weighted by molar-refractivity contribution is -0.122. The molecule has 0 aliphatic rings. The summed E-state index contributed by atoms with van der Waals surface area (Å²) in [6.45, 7) is 4.90. The third-order valence-corrected chi connectivity index (χ3v) is 5.34. The molecule has 10 nitrogen and oxygen atoms in total. The number of amides is 2. The average molecular weight is 527 g/mol.